The maximum atomic E-state index is 12.4. The molecule has 0 saturated carbocycles. The molecule has 6 rings (SSSR count). The van der Waals surface area contributed by atoms with E-state index in [1.165, 1.54) is 7.11 Å². The van der Waals surface area contributed by atoms with Gasteiger partial charge in [0, 0.05) is 70.2 Å². The molecule has 3 fully saturated rings. The molecule has 0 bridgehead atoms. The number of likely N-dealkylation sites (tertiary alicyclic amines) is 1. The lowest BCUT2D eigenvalue weighted by atomic mass is 10.1. The zero-order chi connectivity index (χ0) is 30.5. The zero-order valence-electron chi connectivity index (χ0n) is 25.5. The number of ether oxygens (including phenoxy) is 3. The predicted molar refractivity (Wildman–Crippen MR) is 165 cm³/mol. The van der Waals surface area contributed by atoms with Gasteiger partial charge in [-0.1, -0.05) is 0 Å². The van der Waals surface area contributed by atoms with Crippen LogP contribution < -0.4 is 10.2 Å². The molecule has 2 amide bonds. The van der Waals surface area contributed by atoms with Gasteiger partial charge in [-0.05, 0) is 44.2 Å². The second-order valence-electron chi connectivity index (χ2n) is 11.5. The van der Waals surface area contributed by atoms with Crippen LogP contribution in [0.4, 0.5) is 21.1 Å². The number of aromatic nitrogens is 4. The molecule has 3 aliphatic heterocycles. The van der Waals surface area contributed by atoms with Gasteiger partial charge in [0.1, 0.15) is 12.4 Å². The van der Waals surface area contributed by atoms with Crippen LogP contribution in [0.5, 0.6) is 0 Å². The number of rotatable bonds is 7. The number of benzene rings is 1. The molecule has 236 valence electrons. The summed E-state index contributed by atoms with van der Waals surface area (Å²) in [5.74, 6) is 1.41. The second kappa shape index (κ2) is 13.7. The molecule has 1 aromatic carbocycles. The minimum Gasteiger partial charge on any atom is -0.453 e. The van der Waals surface area contributed by atoms with Crippen LogP contribution >= 0.6 is 0 Å². The van der Waals surface area contributed by atoms with Crippen molar-refractivity contribution in [1.82, 2.24) is 34.4 Å². The molecule has 3 aliphatic rings. The number of methoxy groups -OCH3 is 1. The first-order valence-electron chi connectivity index (χ1n) is 15.3. The third-order valence-electron chi connectivity index (χ3n) is 8.61. The molecular weight excluding hydrogens is 566 g/mol. The first-order chi connectivity index (χ1) is 21.5. The Morgan fingerprint density at radius 2 is 1.70 bits per heavy atom. The monoisotopic (exact) mass is 607 g/mol. The Labute approximate surface area is 256 Å². The summed E-state index contributed by atoms with van der Waals surface area (Å²) in [6.45, 7) is 9.03. The first kappa shape index (κ1) is 30.0. The van der Waals surface area contributed by atoms with Crippen molar-refractivity contribution in [1.29, 1.82) is 0 Å². The average molecular weight is 608 g/mol. The van der Waals surface area contributed by atoms with Crippen LogP contribution in [0.25, 0.3) is 22.4 Å². The summed E-state index contributed by atoms with van der Waals surface area (Å²) < 4.78 is 17.9. The highest BCUT2D eigenvalue weighted by atomic mass is 16.5. The van der Waals surface area contributed by atoms with Gasteiger partial charge in [0.25, 0.3) is 0 Å². The van der Waals surface area contributed by atoms with Crippen LogP contribution in [0.3, 0.4) is 0 Å². The van der Waals surface area contributed by atoms with E-state index >= 15 is 0 Å². The van der Waals surface area contributed by atoms with Crippen molar-refractivity contribution < 1.29 is 23.8 Å². The molecule has 1 N–H and O–H groups in total. The number of nitrogens with one attached hydrogen (secondary N) is 1. The minimum atomic E-state index is -0.471. The highest BCUT2D eigenvalue weighted by molar-refractivity contribution is 5.89. The topological polar surface area (TPSA) is 130 Å². The number of likely N-dealkylation sites (N-methyl/N-ethyl adjacent to an activating group) is 1. The number of fused-ring (bicyclic) bond motifs is 1. The van der Waals surface area contributed by atoms with Gasteiger partial charge in [-0.3, -0.25) is 10.2 Å². The zero-order valence-corrected chi connectivity index (χ0v) is 25.5. The third-order valence-corrected chi connectivity index (χ3v) is 8.61. The number of carbonyl (C=O) groups excluding carboxylic acids is 2. The summed E-state index contributed by atoms with van der Waals surface area (Å²) in [6, 6.07) is 7.57. The average Bonchev–Trinajstić information content (AvgIpc) is 3.50. The van der Waals surface area contributed by atoms with Gasteiger partial charge in [0.05, 0.1) is 37.9 Å². The summed E-state index contributed by atoms with van der Waals surface area (Å²) in [7, 11) is 3.53. The van der Waals surface area contributed by atoms with Gasteiger partial charge in [-0.2, -0.15) is 5.10 Å². The molecule has 0 spiro atoms. The van der Waals surface area contributed by atoms with Crippen LogP contribution in [0.2, 0.25) is 0 Å². The van der Waals surface area contributed by atoms with Crippen molar-refractivity contribution in [3.8, 4) is 11.4 Å². The molecule has 2 aromatic heterocycles. The van der Waals surface area contributed by atoms with E-state index < -0.39 is 6.09 Å². The van der Waals surface area contributed by atoms with Gasteiger partial charge >= 0.3 is 12.2 Å². The van der Waals surface area contributed by atoms with E-state index in [1.807, 2.05) is 35.1 Å². The van der Waals surface area contributed by atoms with Crippen LogP contribution in [0.15, 0.2) is 30.5 Å². The van der Waals surface area contributed by atoms with Crippen LogP contribution in [-0.4, -0.2) is 140 Å². The van der Waals surface area contributed by atoms with E-state index in [4.69, 9.17) is 29.3 Å². The Hall–Kier alpha value is -4.01. The van der Waals surface area contributed by atoms with Crippen molar-refractivity contribution in [3.63, 3.8) is 0 Å². The summed E-state index contributed by atoms with van der Waals surface area (Å²) in [4.78, 5) is 43.0. The third kappa shape index (κ3) is 6.87. The molecule has 0 radical (unpaired) electrons. The fourth-order valence-corrected chi connectivity index (χ4v) is 5.94. The maximum absolute atomic E-state index is 12.4. The Balaban J connectivity index is 1.17. The van der Waals surface area contributed by atoms with Gasteiger partial charge < -0.3 is 28.9 Å². The Kier molecular flexibility index (Phi) is 9.38. The van der Waals surface area contributed by atoms with Crippen molar-refractivity contribution in [2.24, 2.45) is 0 Å². The highest BCUT2D eigenvalue weighted by Gasteiger charge is 2.28. The first-order valence-corrected chi connectivity index (χ1v) is 15.3. The van der Waals surface area contributed by atoms with E-state index in [0.29, 0.717) is 44.4 Å². The van der Waals surface area contributed by atoms with Crippen LogP contribution in [0, 0.1) is 0 Å². The number of hydrogen-bond donors (Lipinski definition) is 1. The number of carbonyl (C=O) groups is 2. The van der Waals surface area contributed by atoms with Gasteiger partial charge in [0.15, 0.2) is 11.5 Å². The molecule has 0 unspecified atom stereocenters. The standard InChI is InChI=1S/C30H41N9O5/c1-35-11-13-36(14-12-35)15-20-44-29(40)32-23-5-3-22(4-6-23)26-33-27(37-16-18-43-19-17-37)25-21-31-39(28(25)34-26)24-7-9-38(10-8-24)30(41)42-2/h3-6,21,24H,7-20H2,1-2H3,(H,32,40). The molecule has 44 heavy (non-hydrogen) atoms. The fraction of sp³-hybridized carbons (Fsp3) is 0.567. The number of piperidine rings is 1. The van der Waals surface area contributed by atoms with Gasteiger partial charge in [-0.15, -0.1) is 0 Å². The Bertz CT molecular complexity index is 1430. The lowest BCUT2D eigenvalue weighted by Crippen LogP contribution is -2.45. The number of amides is 2. The SMILES string of the molecule is COC(=O)N1CCC(n2ncc3c(N4CCOCC4)nc(-c4ccc(NC(=O)OCCN5CCN(C)CC5)cc4)nc32)CC1. The number of morpholine rings is 1. The van der Waals surface area contributed by atoms with Gasteiger partial charge in [-0.25, -0.2) is 24.2 Å². The summed E-state index contributed by atoms with van der Waals surface area (Å²) in [6.07, 6.45) is 2.58. The highest BCUT2D eigenvalue weighted by Crippen LogP contribution is 2.32. The Morgan fingerprint density at radius 1 is 0.977 bits per heavy atom. The normalized spacial score (nSPS) is 18.9. The molecule has 14 heteroatoms. The van der Waals surface area contributed by atoms with Crippen molar-refractivity contribution in [2.45, 2.75) is 18.9 Å². The number of anilines is 2. The number of piperazine rings is 1. The van der Waals surface area contributed by atoms with Crippen molar-refractivity contribution >= 4 is 34.7 Å². The summed E-state index contributed by atoms with van der Waals surface area (Å²) >= 11 is 0. The predicted octanol–water partition coefficient (Wildman–Crippen LogP) is 2.53. The van der Waals surface area contributed by atoms with E-state index in [2.05, 4.69) is 27.1 Å². The fourth-order valence-electron chi connectivity index (χ4n) is 5.94. The van der Waals surface area contributed by atoms with E-state index in [1.54, 1.807) is 4.90 Å². The minimum absolute atomic E-state index is 0.0996. The van der Waals surface area contributed by atoms with E-state index in [-0.39, 0.29) is 12.1 Å². The largest absolute Gasteiger partial charge is 0.453 e. The maximum Gasteiger partial charge on any atom is 0.411 e. The molecule has 3 aromatic rings. The van der Waals surface area contributed by atoms with Crippen molar-refractivity contribution in [3.05, 3.63) is 30.5 Å². The quantitative estimate of drug-likeness (QED) is 0.425. The molecule has 0 aliphatic carbocycles. The molecular formula is C30H41N9O5. The molecule has 0 atom stereocenters. The molecule has 14 nitrogen and oxygen atoms in total. The van der Waals surface area contributed by atoms with E-state index in [0.717, 1.165) is 81.1 Å². The molecule has 5 heterocycles. The van der Waals surface area contributed by atoms with Crippen molar-refractivity contribution in [2.75, 3.05) is 103 Å². The lowest BCUT2D eigenvalue weighted by molar-refractivity contribution is 0.106. The Morgan fingerprint density at radius 3 is 2.41 bits per heavy atom. The second-order valence-corrected chi connectivity index (χ2v) is 11.5. The van der Waals surface area contributed by atoms with Crippen LogP contribution in [0.1, 0.15) is 18.9 Å². The van der Waals surface area contributed by atoms with Gasteiger partial charge in [0.2, 0.25) is 0 Å². The summed E-state index contributed by atoms with van der Waals surface area (Å²) in [5, 5.41) is 8.47. The molecule has 3 saturated heterocycles. The van der Waals surface area contributed by atoms with E-state index in [9.17, 15) is 9.59 Å². The summed E-state index contributed by atoms with van der Waals surface area (Å²) in [5.41, 5.74) is 2.22. The number of nitrogens with zero attached hydrogens (tertiary/aromatic N) is 8. The number of hydrogen-bond acceptors (Lipinski definition) is 11. The smallest absolute Gasteiger partial charge is 0.411 e. The van der Waals surface area contributed by atoms with Crippen LogP contribution in [-0.2, 0) is 14.2 Å². The lowest BCUT2D eigenvalue weighted by Gasteiger charge is -2.31.